The molecule has 0 N–H and O–H groups in total. The zero-order valence-electron chi connectivity index (χ0n) is 16.4. The first-order valence-electron chi connectivity index (χ1n) is 9.43. The molecule has 2 heterocycles. The van der Waals surface area contributed by atoms with Gasteiger partial charge in [-0.3, -0.25) is 9.48 Å². The number of ether oxygens (including phenoxy) is 1. The Balaban J connectivity index is 1.50. The Morgan fingerprint density at radius 1 is 1.13 bits per heavy atom. The van der Waals surface area contributed by atoms with Gasteiger partial charge in [-0.05, 0) is 60.2 Å². The molecule has 0 radical (unpaired) electrons. The largest absolute Gasteiger partial charge is 0.496 e. The highest BCUT2D eigenvalue weighted by Crippen LogP contribution is 2.22. The number of rotatable bonds is 7. The molecule has 2 aromatic heterocycles. The predicted molar refractivity (Wildman–Crippen MR) is 118 cm³/mol. The van der Waals surface area contributed by atoms with Crippen molar-refractivity contribution in [3.05, 3.63) is 107 Å². The molecule has 0 atom stereocenters. The Kier molecular flexibility index (Phi) is 5.82. The lowest BCUT2D eigenvalue weighted by molar-refractivity contribution is 0.104. The van der Waals surface area contributed by atoms with Crippen LogP contribution >= 0.6 is 11.6 Å². The number of carbonyl (C=O) groups excluding carboxylic acids is 1. The SMILES string of the molecule is COc1ccc(/C=C/C(=O)c2ccc(-n3cccc3)cc2)cc1Cn1cc(Cl)cn1. The lowest BCUT2D eigenvalue weighted by atomic mass is 10.1. The van der Waals surface area contributed by atoms with Gasteiger partial charge >= 0.3 is 0 Å². The Hall–Kier alpha value is -3.57. The number of hydrogen-bond donors (Lipinski definition) is 0. The van der Waals surface area contributed by atoms with Crippen LogP contribution in [0.4, 0.5) is 0 Å². The first kappa shape index (κ1) is 19.7. The summed E-state index contributed by atoms with van der Waals surface area (Å²) in [6, 6.07) is 17.2. The van der Waals surface area contributed by atoms with Gasteiger partial charge in [0.05, 0.1) is 24.9 Å². The molecule has 0 aliphatic carbocycles. The van der Waals surface area contributed by atoms with Crippen molar-refractivity contribution in [3.8, 4) is 11.4 Å². The Bertz CT molecular complexity index is 1180. The van der Waals surface area contributed by atoms with Gasteiger partial charge in [-0.15, -0.1) is 0 Å². The van der Waals surface area contributed by atoms with E-state index in [1.165, 1.54) is 0 Å². The van der Waals surface area contributed by atoms with Crippen LogP contribution in [0.1, 0.15) is 21.5 Å². The standard InChI is InChI=1S/C24H20ClN3O2/c1-30-24-11-5-18(14-20(24)16-28-17-21(25)15-26-28)4-10-23(29)19-6-8-22(9-7-19)27-12-2-3-13-27/h2-15,17H,16H2,1H3/b10-4+. The molecular weight excluding hydrogens is 398 g/mol. The third kappa shape index (κ3) is 4.53. The van der Waals surface area contributed by atoms with Gasteiger partial charge in [0.15, 0.2) is 5.78 Å². The molecule has 4 aromatic rings. The minimum atomic E-state index is -0.0507. The zero-order chi connectivity index (χ0) is 20.9. The minimum Gasteiger partial charge on any atom is -0.496 e. The van der Waals surface area contributed by atoms with E-state index in [2.05, 4.69) is 5.10 Å². The average molecular weight is 418 g/mol. The van der Waals surface area contributed by atoms with Crippen LogP contribution in [0.3, 0.4) is 0 Å². The average Bonchev–Trinajstić information content (AvgIpc) is 3.44. The molecule has 0 aliphatic rings. The summed E-state index contributed by atoms with van der Waals surface area (Å²) in [4.78, 5) is 12.6. The summed E-state index contributed by atoms with van der Waals surface area (Å²) < 4.78 is 9.19. The number of benzene rings is 2. The fraction of sp³-hybridized carbons (Fsp3) is 0.0833. The maximum Gasteiger partial charge on any atom is 0.185 e. The van der Waals surface area contributed by atoms with E-state index in [0.717, 1.165) is 22.6 Å². The van der Waals surface area contributed by atoms with Crippen LogP contribution in [0.25, 0.3) is 11.8 Å². The Morgan fingerprint density at radius 2 is 1.90 bits per heavy atom. The van der Waals surface area contributed by atoms with Crippen LogP contribution in [0, 0.1) is 0 Å². The summed E-state index contributed by atoms with van der Waals surface area (Å²) in [6.45, 7) is 0.520. The monoisotopic (exact) mass is 417 g/mol. The van der Waals surface area contributed by atoms with Crippen LogP contribution < -0.4 is 4.74 Å². The van der Waals surface area contributed by atoms with Crippen molar-refractivity contribution >= 4 is 23.5 Å². The van der Waals surface area contributed by atoms with E-state index in [9.17, 15) is 4.79 Å². The molecule has 6 heteroatoms. The second-order valence-corrected chi connectivity index (χ2v) is 7.20. The number of methoxy groups -OCH3 is 1. The van der Waals surface area contributed by atoms with Gasteiger partial charge in [-0.1, -0.05) is 23.7 Å². The molecule has 150 valence electrons. The maximum atomic E-state index is 12.6. The van der Waals surface area contributed by atoms with E-state index in [4.69, 9.17) is 16.3 Å². The van der Waals surface area contributed by atoms with Crippen LogP contribution in [0.2, 0.25) is 5.02 Å². The van der Waals surface area contributed by atoms with Gasteiger partial charge < -0.3 is 9.30 Å². The smallest absolute Gasteiger partial charge is 0.185 e. The van der Waals surface area contributed by atoms with E-state index < -0.39 is 0 Å². The van der Waals surface area contributed by atoms with Crippen molar-refractivity contribution < 1.29 is 9.53 Å². The zero-order valence-corrected chi connectivity index (χ0v) is 17.2. The minimum absolute atomic E-state index is 0.0507. The quantitative estimate of drug-likeness (QED) is 0.303. The van der Waals surface area contributed by atoms with Crippen LogP contribution in [-0.2, 0) is 6.54 Å². The van der Waals surface area contributed by atoms with Crippen LogP contribution in [-0.4, -0.2) is 27.2 Å². The van der Waals surface area contributed by atoms with E-state index in [-0.39, 0.29) is 5.78 Å². The molecule has 5 nitrogen and oxygen atoms in total. The summed E-state index contributed by atoms with van der Waals surface area (Å²) >= 11 is 5.95. The van der Waals surface area contributed by atoms with Gasteiger partial charge in [-0.2, -0.15) is 5.10 Å². The topological polar surface area (TPSA) is 49.0 Å². The third-order valence-corrected chi connectivity index (χ3v) is 4.92. The Morgan fingerprint density at radius 3 is 2.57 bits per heavy atom. The second kappa shape index (κ2) is 8.84. The summed E-state index contributed by atoms with van der Waals surface area (Å²) in [5.74, 6) is 0.705. The van der Waals surface area contributed by atoms with Crippen LogP contribution in [0.15, 0.2) is 85.5 Å². The summed E-state index contributed by atoms with van der Waals surface area (Å²) in [7, 11) is 1.63. The van der Waals surface area contributed by atoms with E-state index in [0.29, 0.717) is 17.1 Å². The molecular formula is C24H20ClN3O2. The first-order chi connectivity index (χ1) is 14.6. The van der Waals surface area contributed by atoms with Gasteiger partial charge in [0.1, 0.15) is 5.75 Å². The number of nitrogens with zero attached hydrogens (tertiary/aromatic N) is 3. The summed E-state index contributed by atoms with van der Waals surface area (Å²) in [5, 5.41) is 4.79. The number of carbonyl (C=O) groups is 1. The molecule has 2 aromatic carbocycles. The molecule has 0 saturated carbocycles. The summed E-state index contributed by atoms with van der Waals surface area (Å²) in [6.07, 6.45) is 10.7. The van der Waals surface area contributed by atoms with E-state index in [1.807, 2.05) is 71.6 Å². The van der Waals surface area contributed by atoms with Crippen molar-refractivity contribution in [2.75, 3.05) is 7.11 Å². The van der Waals surface area contributed by atoms with Gasteiger partial charge in [-0.25, -0.2) is 0 Å². The first-order valence-corrected chi connectivity index (χ1v) is 9.81. The molecule has 0 unspecified atom stereocenters. The van der Waals surface area contributed by atoms with E-state index >= 15 is 0 Å². The summed E-state index contributed by atoms with van der Waals surface area (Å²) in [5.41, 5.74) is 3.51. The van der Waals surface area contributed by atoms with Crippen molar-refractivity contribution in [1.82, 2.24) is 14.3 Å². The van der Waals surface area contributed by atoms with Crippen molar-refractivity contribution in [1.29, 1.82) is 0 Å². The van der Waals surface area contributed by atoms with Crippen molar-refractivity contribution in [2.24, 2.45) is 0 Å². The number of aromatic nitrogens is 3. The molecule has 0 saturated heterocycles. The van der Waals surface area contributed by atoms with Crippen LogP contribution in [0.5, 0.6) is 5.75 Å². The molecule has 0 fully saturated rings. The second-order valence-electron chi connectivity index (χ2n) is 6.76. The van der Waals surface area contributed by atoms with Gasteiger partial charge in [0.25, 0.3) is 0 Å². The number of halogens is 1. The fourth-order valence-electron chi connectivity index (χ4n) is 3.20. The predicted octanol–water partition coefficient (Wildman–Crippen LogP) is 5.28. The number of ketones is 1. The number of allylic oxidation sites excluding steroid dienone is 1. The van der Waals surface area contributed by atoms with Gasteiger partial charge in [0, 0.05) is 35.4 Å². The molecule has 0 amide bonds. The van der Waals surface area contributed by atoms with Gasteiger partial charge in [0.2, 0.25) is 0 Å². The molecule has 0 aliphatic heterocycles. The molecule has 0 bridgehead atoms. The molecule has 4 rings (SSSR count). The molecule has 0 spiro atoms. The lowest BCUT2D eigenvalue weighted by Crippen LogP contribution is -2.02. The highest BCUT2D eigenvalue weighted by Gasteiger charge is 2.07. The lowest BCUT2D eigenvalue weighted by Gasteiger charge is -2.09. The third-order valence-electron chi connectivity index (χ3n) is 4.72. The van der Waals surface area contributed by atoms with Crippen molar-refractivity contribution in [2.45, 2.75) is 6.54 Å². The van der Waals surface area contributed by atoms with E-state index in [1.54, 1.807) is 36.3 Å². The normalized spacial score (nSPS) is 11.1. The maximum absolute atomic E-state index is 12.6. The molecule has 30 heavy (non-hydrogen) atoms. The van der Waals surface area contributed by atoms with Crippen molar-refractivity contribution in [3.63, 3.8) is 0 Å². The highest BCUT2D eigenvalue weighted by molar-refractivity contribution is 6.30. The fourth-order valence-corrected chi connectivity index (χ4v) is 3.35. The number of hydrogen-bond acceptors (Lipinski definition) is 3. The Labute approximate surface area is 179 Å². The highest BCUT2D eigenvalue weighted by atomic mass is 35.5.